The van der Waals surface area contributed by atoms with Crippen molar-refractivity contribution in [1.82, 2.24) is 15.2 Å². The molecule has 0 spiro atoms. The van der Waals surface area contributed by atoms with Gasteiger partial charge in [0.15, 0.2) is 0 Å². The minimum absolute atomic E-state index is 0.173. The zero-order chi connectivity index (χ0) is 21.1. The van der Waals surface area contributed by atoms with Gasteiger partial charge in [0, 0.05) is 0 Å². The number of H-pyrrole nitrogens is 1. The molecule has 0 aliphatic heterocycles. The average molecular weight is 502 g/mol. The first-order valence-corrected chi connectivity index (χ1v) is 12.9. The summed E-state index contributed by atoms with van der Waals surface area (Å²) in [6, 6.07) is 20.9. The second kappa shape index (κ2) is 8.64. The second-order valence-electron chi connectivity index (χ2n) is 6.32. The molecule has 0 bridgehead atoms. The molecule has 1 unspecified atom stereocenters. The first-order valence-electron chi connectivity index (χ1n) is 8.91. The summed E-state index contributed by atoms with van der Waals surface area (Å²) in [5.41, 5.74) is 1.79. The predicted octanol–water partition coefficient (Wildman–Crippen LogP) is 2.35. The van der Waals surface area contributed by atoms with Crippen molar-refractivity contribution in [2.24, 2.45) is 0 Å². The maximum absolute atomic E-state index is 13.1. The molecule has 0 aliphatic carbocycles. The van der Waals surface area contributed by atoms with Crippen molar-refractivity contribution in [2.75, 3.05) is 7.11 Å². The number of nitrogens with one attached hydrogen (secondary N) is 1. The molecule has 0 fully saturated rings. The van der Waals surface area contributed by atoms with E-state index in [4.69, 9.17) is 16.3 Å². The molecule has 2 heterocycles. The van der Waals surface area contributed by atoms with E-state index in [2.05, 4.69) is 15.2 Å². The Balaban J connectivity index is 1.67. The molecule has 2 aromatic carbocycles. The van der Waals surface area contributed by atoms with E-state index in [0.29, 0.717) is 4.48 Å². The maximum atomic E-state index is 13.1. The van der Waals surface area contributed by atoms with Crippen LogP contribution in [0.5, 0.6) is 5.75 Å². The van der Waals surface area contributed by atoms with Gasteiger partial charge in [0.2, 0.25) is 0 Å². The van der Waals surface area contributed by atoms with Crippen molar-refractivity contribution in [2.45, 2.75) is 9.79 Å². The van der Waals surface area contributed by atoms with Crippen LogP contribution in [0.4, 0.5) is 0 Å². The minimum atomic E-state index is -3.70. The molecule has 2 aromatic heterocycles. The third-order valence-electron chi connectivity index (χ3n) is 4.39. The van der Waals surface area contributed by atoms with Crippen molar-refractivity contribution < 1.29 is 13.2 Å². The van der Waals surface area contributed by atoms with E-state index < -0.39 is 25.6 Å². The molecule has 4 aromatic rings. The number of methoxy groups -OCH3 is 1. The van der Waals surface area contributed by atoms with Crippen LogP contribution < -0.4 is 13.7 Å². The molecule has 9 heteroatoms. The summed E-state index contributed by atoms with van der Waals surface area (Å²) in [6.45, 7) is 0. The van der Waals surface area contributed by atoms with Gasteiger partial charge in [0.1, 0.15) is 0 Å². The van der Waals surface area contributed by atoms with Crippen LogP contribution in [0.3, 0.4) is 0 Å². The van der Waals surface area contributed by atoms with Gasteiger partial charge < -0.3 is 0 Å². The van der Waals surface area contributed by atoms with Crippen LogP contribution in [0.2, 0.25) is 5.15 Å². The Hall–Kier alpha value is -2.60. The van der Waals surface area contributed by atoms with Gasteiger partial charge in [0.25, 0.3) is 0 Å². The predicted molar refractivity (Wildman–Crippen MR) is 118 cm³/mol. The molecule has 152 valence electrons. The molecule has 0 amide bonds. The van der Waals surface area contributed by atoms with E-state index in [0.717, 1.165) is 21.5 Å². The number of hydrogen-bond donors (Lipinski definition) is 1. The van der Waals surface area contributed by atoms with Crippen LogP contribution in [0.25, 0.3) is 11.3 Å². The number of aromatic nitrogens is 3. The molecule has 1 N–H and O–H groups in total. The number of halogens is 1. The van der Waals surface area contributed by atoms with Gasteiger partial charge >= 0.3 is 186 Å². The van der Waals surface area contributed by atoms with E-state index in [-0.39, 0.29) is 14.9 Å². The van der Waals surface area contributed by atoms with Crippen LogP contribution >= 0.6 is 11.6 Å². The van der Waals surface area contributed by atoms with Crippen LogP contribution in [0, 0.1) is 0 Å². The Morgan fingerprint density at radius 2 is 1.73 bits per heavy atom. The fourth-order valence-electron chi connectivity index (χ4n) is 2.88. The van der Waals surface area contributed by atoms with Crippen LogP contribution in [-0.2, 0) is 9.84 Å². The molecule has 0 saturated heterocycles. The topological polar surface area (TPSA) is 84.9 Å². The average Bonchev–Trinajstić information content (AvgIpc) is 3.23. The molecule has 0 radical (unpaired) electrons. The quantitative estimate of drug-likeness (QED) is 0.324. The summed E-state index contributed by atoms with van der Waals surface area (Å²) in [6.07, 6.45) is 0. The van der Waals surface area contributed by atoms with Crippen molar-refractivity contribution >= 4 is 46.2 Å². The van der Waals surface area contributed by atoms with Crippen LogP contribution in [0.1, 0.15) is 0 Å². The summed E-state index contributed by atoms with van der Waals surface area (Å²) >= 11 is 4.93. The Morgan fingerprint density at radius 1 is 1.00 bits per heavy atom. The van der Waals surface area contributed by atoms with Gasteiger partial charge in [-0.3, -0.25) is 0 Å². The third kappa shape index (κ3) is 4.29. The van der Waals surface area contributed by atoms with E-state index in [1.807, 2.05) is 30.3 Å². The Labute approximate surface area is 185 Å². The summed E-state index contributed by atoms with van der Waals surface area (Å²) in [5, 5.41) is 7.65. The fourth-order valence-corrected chi connectivity index (χ4v) is 7.61. The first-order chi connectivity index (χ1) is 14.5. The normalized spacial score (nSPS) is 11.8. The molecule has 6 nitrogen and oxygen atoms in total. The van der Waals surface area contributed by atoms with Crippen molar-refractivity contribution in [1.29, 1.82) is 0 Å². The van der Waals surface area contributed by atoms with Gasteiger partial charge in [-0.15, -0.1) is 0 Å². The second-order valence-corrected chi connectivity index (χ2v) is 11.2. The number of nitrogens with zero attached hydrogens (tertiary/aromatic N) is 2. The summed E-state index contributed by atoms with van der Waals surface area (Å²) < 4.78 is 32.7. The molecule has 4 rings (SSSR count). The molecule has 0 saturated carbocycles. The number of ether oxygens (including phenoxy) is 1. The molecule has 30 heavy (non-hydrogen) atoms. The fraction of sp³-hybridized carbons (Fsp3) is 0.0476. The van der Waals surface area contributed by atoms with Gasteiger partial charge in [-0.2, -0.15) is 0 Å². The number of benzene rings is 2. The van der Waals surface area contributed by atoms with Crippen LogP contribution in [0.15, 0.2) is 82.6 Å². The molecule has 0 aliphatic rings. The van der Waals surface area contributed by atoms with Crippen molar-refractivity contribution in [3.05, 3.63) is 77.9 Å². The number of pyridine rings is 1. The SMILES string of the molecule is COc1ccc(-c2cc([AsH]c3nc(Cl)ccc3S(=O)(=O)c3ccccc3)n[nH]2)cc1. The van der Waals surface area contributed by atoms with E-state index in [1.54, 1.807) is 37.4 Å². The number of sulfone groups is 1. The van der Waals surface area contributed by atoms with Crippen LogP contribution in [-0.4, -0.2) is 46.5 Å². The van der Waals surface area contributed by atoms with Gasteiger partial charge in [0.05, 0.1) is 0 Å². The third-order valence-corrected chi connectivity index (χ3v) is 9.16. The Bertz CT molecular complexity index is 1280. The summed E-state index contributed by atoms with van der Waals surface area (Å²) in [5.74, 6) is 0.769. The Morgan fingerprint density at radius 3 is 2.43 bits per heavy atom. The van der Waals surface area contributed by atoms with Gasteiger partial charge in [-0.1, -0.05) is 0 Å². The standard InChI is InChI=1S/C21H17AsClN3O3S/c1-29-15-9-7-14(8-10-15)17-13-19(26-25-17)22-21-18(11-12-20(23)24-21)30(27,28)16-5-3-2-4-6-16/h2-13,22H,1H3,(H,25,26). The number of hydrogen-bond acceptors (Lipinski definition) is 5. The van der Waals surface area contributed by atoms with E-state index >= 15 is 0 Å². The number of rotatable bonds is 6. The van der Waals surface area contributed by atoms with E-state index in [9.17, 15) is 8.42 Å². The monoisotopic (exact) mass is 501 g/mol. The molecule has 1 atom stereocenters. The zero-order valence-corrected chi connectivity index (χ0v) is 19.5. The van der Waals surface area contributed by atoms with Crippen molar-refractivity contribution in [3.63, 3.8) is 0 Å². The Kier molecular flexibility index (Phi) is 5.95. The number of aromatic amines is 1. The summed E-state index contributed by atoms with van der Waals surface area (Å²) in [4.78, 5) is 4.73. The zero-order valence-electron chi connectivity index (χ0n) is 15.8. The van der Waals surface area contributed by atoms with Gasteiger partial charge in [-0.05, 0) is 0 Å². The van der Waals surface area contributed by atoms with E-state index in [1.165, 1.54) is 12.1 Å². The van der Waals surface area contributed by atoms with Gasteiger partial charge in [-0.25, -0.2) is 0 Å². The first kappa shape index (κ1) is 20.7. The molecular formula is C21H17AsClN3O3S. The van der Waals surface area contributed by atoms with Crippen molar-refractivity contribution in [3.8, 4) is 17.0 Å². The summed E-state index contributed by atoms with van der Waals surface area (Å²) in [7, 11) is -2.08. The molecular weight excluding hydrogens is 485 g/mol.